The van der Waals surface area contributed by atoms with Crippen LogP contribution in [0.3, 0.4) is 0 Å². The van der Waals surface area contributed by atoms with Gasteiger partial charge in [-0.2, -0.15) is 0 Å². The summed E-state index contributed by atoms with van der Waals surface area (Å²) in [6.07, 6.45) is 0. The molecule has 0 aliphatic carbocycles. The number of carbonyl (C=O) groups is 1. The summed E-state index contributed by atoms with van der Waals surface area (Å²) in [6.45, 7) is 0. The van der Waals surface area contributed by atoms with Crippen LogP contribution in [-0.4, -0.2) is 11.1 Å². The number of hydrogen-bond donors (Lipinski definition) is 1. The van der Waals surface area contributed by atoms with Crippen molar-refractivity contribution in [1.29, 1.82) is 0 Å². The van der Waals surface area contributed by atoms with Gasteiger partial charge in [0.15, 0.2) is 0 Å². The molecule has 2 aromatic carbocycles. The molecule has 0 amide bonds. The number of carboxylic acids is 1. The molecule has 4 heteroatoms. The third-order valence-corrected chi connectivity index (χ3v) is 5.41. The second kappa shape index (κ2) is 5.64. The van der Waals surface area contributed by atoms with Crippen LogP contribution in [0.5, 0.6) is 0 Å². The second-order valence-electron chi connectivity index (χ2n) is 3.32. The molecule has 17 heavy (non-hydrogen) atoms. The minimum absolute atomic E-state index is 0.407. The number of halogens is 2. The molecule has 0 fully saturated rings. The van der Waals surface area contributed by atoms with Gasteiger partial charge < -0.3 is 0 Å². The van der Waals surface area contributed by atoms with Crippen molar-refractivity contribution in [3.8, 4) is 0 Å². The van der Waals surface area contributed by atoms with Gasteiger partial charge in [0.25, 0.3) is 0 Å². The van der Waals surface area contributed by atoms with Crippen molar-refractivity contribution in [3.05, 3.63) is 65.7 Å². The summed E-state index contributed by atoms with van der Waals surface area (Å²) in [5.74, 6) is -0.858. The van der Waals surface area contributed by atoms with E-state index in [1.54, 1.807) is 12.1 Å². The molecule has 0 heterocycles. The number of benzene rings is 2. The maximum atomic E-state index is 11.1. The molecule has 1 N–H and O–H groups in total. The summed E-state index contributed by atoms with van der Waals surface area (Å²) >= 11 is 2.93. The standard InChI is InChI=1S/C13H9BrIO2/c14-9-6-7-11(13(16)17)12(8-9)15-10-4-2-1-3-5-10/h1-8H,(H,16,17)/q-1. The van der Waals surface area contributed by atoms with Gasteiger partial charge in [-0.3, -0.25) is 0 Å². The Hall–Kier alpha value is -0.880. The van der Waals surface area contributed by atoms with Crippen LogP contribution in [0.1, 0.15) is 10.4 Å². The van der Waals surface area contributed by atoms with Crippen LogP contribution in [0.25, 0.3) is 0 Å². The van der Waals surface area contributed by atoms with Gasteiger partial charge in [0.1, 0.15) is 0 Å². The zero-order valence-electron chi connectivity index (χ0n) is 8.73. The quantitative estimate of drug-likeness (QED) is 0.747. The van der Waals surface area contributed by atoms with E-state index in [1.165, 1.54) is 3.57 Å². The number of rotatable bonds is 3. The normalized spacial score (nSPS) is 10.4. The van der Waals surface area contributed by atoms with Gasteiger partial charge in [-0.15, -0.1) is 0 Å². The van der Waals surface area contributed by atoms with Crippen LogP contribution in [0, 0.1) is 7.14 Å². The van der Waals surface area contributed by atoms with Crippen LogP contribution in [0.2, 0.25) is 0 Å². The molecular weight excluding hydrogens is 395 g/mol. The molecule has 0 bridgehead atoms. The first kappa shape index (κ1) is 12.6. The summed E-state index contributed by atoms with van der Waals surface area (Å²) in [6, 6.07) is 15.3. The second-order valence-corrected chi connectivity index (χ2v) is 7.18. The third kappa shape index (κ3) is 3.29. The Morgan fingerprint density at radius 2 is 1.82 bits per heavy atom. The van der Waals surface area contributed by atoms with Gasteiger partial charge in [-0.1, -0.05) is 0 Å². The van der Waals surface area contributed by atoms with Crippen molar-refractivity contribution >= 4 is 21.9 Å². The van der Waals surface area contributed by atoms with E-state index in [4.69, 9.17) is 5.11 Å². The van der Waals surface area contributed by atoms with Crippen molar-refractivity contribution in [2.24, 2.45) is 0 Å². The monoisotopic (exact) mass is 403 g/mol. The summed E-state index contributed by atoms with van der Waals surface area (Å²) in [5, 5.41) is 9.14. The van der Waals surface area contributed by atoms with Gasteiger partial charge in [-0.05, 0) is 0 Å². The molecule has 0 aromatic heterocycles. The first-order valence-electron chi connectivity index (χ1n) is 4.89. The van der Waals surface area contributed by atoms with Gasteiger partial charge in [-0.25, -0.2) is 0 Å². The Morgan fingerprint density at radius 1 is 1.12 bits per heavy atom. The Kier molecular flexibility index (Phi) is 4.17. The Labute approximate surface area is 118 Å². The van der Waals surface area contributed by atoms with E-state index in [2.05, 4.69) is 15.9 Å². The molecule has 0 aliphatic heterocycles. The molecule has 2 rings (SSSR count). The van der Waals surface area contributed by atoms with E-state index in [0.29, 0.717) is 5.56 Å². The van der Waals surface area contributed by atoms with Crippen molar-refractivity contribution < 1.29 is 31.1 Å². The van der Waals surface area contributed by atoms with E-state index >= 15 is 0 Å². The number of aromatic carboxylic acids is 1. The fourth-order valence-electron chi connectivity index (χ4n) is 1.34. The number of carboxylic acid groups (broad SMARTS) is 1. The predicted molar refractivity (Wildman–Crippen MR) is 64.9 cm³/mol. The van der Waals surface area contributed by atoms with Gasteiger partial charge in [0.2, 0.25) is 0 Å². The summed E-state index contributed by atoms with van der Waals surface area (Å²) < 4.78 is 3.07. The average molecular weight is 404 g/mol. The SMILES string of the molecule is O=C(O)c1ccc(Br)cc1[I-]c1ccccc1. The Morgan fingerprint density at radius 3 is 2.47 bits per heavy atom. The molecule has 0 saturated carbocycles. The van der Waals surface area contributed by atoms with E-state index in [0.717, 1.165) is 8.04 Å². The summed E-state index contributed by atoms with van der Waals surface area (Å²) in [4.78, 5) is 11.1. The molecule has 88 valence electrons. The Balaban J connectivity index is 2.37. The minimum atomic E-state index is -0.858. The molecule has 0 radical (unpaired) electrons. The third-order valence-electron chi connectivity index (χ3n) is 2.11. The molecule has 0 spiro atoms. The Bertz CT molecular complexity index is 540. The average Bonchev–Trinajstić information content (AvgIpc) is 2.30. The molecule has 0 unspecified atom stereocenters. The molecule has 0 atom stereocenters. The van der Waals surface area contributed by atoms with Crippen LogP contribution >= 0.6 is 15.9 Å². The van der Waals surface area contributed by atoms with Crippen LogP contribution in [0.15, 0.2) is 53.0 Å². The van der Waals surface area contributed by atoms with E-state index < -0.39 is 27.2 Å². The zero-order valence-corrected chi connectivity index (χ0v) is 12.5. The summed E-state index contributed by atoms with van der Waals surface area (Å²) in [5.41, 5.74) is 0.407. The molecule has 2 aromatic rings. The van der Waals surface area contributed by atoms with Gasteiger partial charge in [0, 0.05) is 0 Å². The van der Waals surface area contributed by atoms with Gasteiger partial charge in [0.05, 0.1) is 0 Å². The van der Waals surface area contributed by atoms with Crippen LogP contribution in [-0.2, 0) is 0 Å². The van der Waals surface area contributed by atoms with Crippen LogP contribution in [0.4, 0.5) is 0 Å². The topological polar surface area (TPSA) is 37.3 Å². The van der Waals surface area contributed by atoms with Crippen molar-refractivity contribution in [1.82, 2.24) is 0 Å². The molecule has 0 aliphatic rings. The fraction of sp³-hybridized carbons (Fsp3) is 0. The summed E-state index contributed by atoms with van der Waals surface area (Å²) in [7, 11) is 0. The molecule has 0 saturated heterocycles. The first-order valence-corrected chi connectivity index (χ1v) is 7.84. The van der Waals surface area contributed by atoms with E-state index in [1.807, 2.05) is 36.4 Å². The predicted octanol–water partition coefficient (Wildman–Crippen LogP) is 0.276. The zero-order chi connectivity index (χ0) is 12.3. The van der Waals surface area contributed by atoms with Crippen molar-refractivity contribution in [2.45, 2.75) is 0 Å². The van der Waals surface area contributed by atoms with Gasteiger partial charge >= 0.3 is 119 Å². The van der Waals surface area contributed by atoms with Crippen LogP contribution < -0.4 is 21.2 Å². The number of hydrogen-bond acceptors (Lipinski definition) is 1. The van der Waals surface area contributed by atoms with E-state index in [9.17, 15) is 4.79 Å². The van der Waals surface area contributed by atoms with E-state index in [-0.39, 0.29) is 0 Å². The molecular formula is C13H9BrIO2-. The molecule has 2 nitrogen and oxygen atoms in total. The van der Waals surface area contributed by atoms with Crippen molar-refractivity contribution in [3.63, 3.8) is 0 Å². The maximum absolute atomic E-state index is 11.1. The first-order chi connectivity index (χ1) is 8.16. The van der Waals surface area contributed by atoms with Crippen molar-refractivity contribution in [2.75, 3.05) is 0 Å². The fourth-order valence-corrected chi connectivity index (χ4v) is 4.76.